The lowest BCUT2D eigenvalue weighted by Gasteiger charge is -2.33. The Morgan fingerprint density at radius 2 is 2.05 bits per heavy atom. The van der Waals surface area contributed by atoms with Crippen molar-refractivity contribution in [1.82, 2.24) is 4.90 Å². The summed E-state index contributed by atoms with van der Waals surface area (Å²) in [5.74, 6) is -0.616. The summed E-state index contributed by atoms with van der Waals surface area (Å²) in [5.41, 5.74) is 1.38. The molecule has 1 amide bonds. The number of amides is 1. The highest BCUT2D eigenvalue weighted by Crippen LogP contribution is 2.27. The number of hydrogen-bond acceptors (Lipinski definition) is 3. The standard InChI is InChI=1S/C16H21NO4/c1-2-21-11-15(18)17-9-3-4-14(10-17)12-5-7-13(8-6-12)16(19)20/h5-8,14H,2-4,9-11H2,1H3,(H,19,20)/t14-/m0/s1. The van der Waals surface area contributed by atoms with Gasteiger partial charge in [0.05, 0.1) is 5.56 Å². The van der Waals surface area contributed by atoms with E-state index < -0.39 is 5.97 Å². The van der Waals surface area contributed by atoms with Crippen LogP contribution in [0.5, 0.6) is 0 Å². The molecule has 0 saturated carbocycles. The van der Waals surface area contributed by atoms with Gasteiger partial charge in [0.2, 0.25) is 5.91 Å². The minimum Gasteiger partial charge on any atom is -0.478 e. The summed E-state index contributed by atoms with van der Waals surface area (Å²) < 4.78 is 5.18. The quantitative estimate of drug-likeness (QED) is 0.902. The summed E-state index contributed by atoms with van der Waals surface area (Å²) in [4.78, 5) is 24.7. The molecule has 1 N–H and O–H groups in total. The molecular formula is C16H21NO4. The van der Waals surface area contributed by atoms with Crippen molar-refractivity contribution in [3.05, 3.63) is 35.4 Å². The fourth-order valence-electron chi connectivity index (χ4n) is 2.65. The number of likely N-dealkylation sites (tertiary alicyclic amines) is 1. The minimum absolute atomic E-state index is 0.0312. The van der Waals surface area contributed by atoms with Crippen molar-refractivity contribution < 1.29 is 19.4 Å². The lowest BCUT2D eigenvalue weighted by atomic mass is 9.90. The van der Waals surface area contributed by atoms with Gasteiger partial charge >= 0.3 is 5.97 Å². The number of carbonyl (C=O) groups excluding carboxylic acids is 1. The average Bonchev–Trinajstić information content (AvgIpc) is 2.52. The first kappa shape index (κ1) is 15.5. The third-order valence-electron chi connectivity index (χ3n) is 3.83. The summed E-state index contributed by atoms with van der Waals surface area (Å²) in [6.07, 6.45) is 1.98. The first-order valence-corrected chi connectivity index (χ1v) is 7.30. The molecule has 0 aromatic heterocycles. The lowest BCUT2D eigenvalue weighted by molar-refractivity contribution is -0.137. The molecule has 1 aromatic carbocycles. The molecule has 1 aliphatic rings. The largest absolute Gasteiger partial charge is 0.478 e. The summed E-state index contributed by atoms with van der Waals surface area (Å²) >= 11 is 0. The van der Waals surface area contributed by atoms with Crippen molar-refractivity contribution in [3.63, 3.8) is 0 Å². The monoisotopic (exact) mass is 291 g/mol. The van der Waals surface area contributed by atoms with Crippen molar-refractivity contribution in [1.29, 1.82) is 0 Å². The first-order chi connectivity index (χ1) is 10.1. The molecular weight excluding hydrogens is 270 g/mol. The van der Waals surface area contributed by atoms with Crippen LogP contribution >= 0.6 is 0 Å². The Kier molecular flexibility index (Phi) is 5.33. The molecule has 1 saturated heterocycles. The van der Waals surface area contributed by atoms with Gasteiger partial charge in [-0.15, -0.1) is 0 Å². The number of carbonyl (C=O) groups is 2. The molecule has 1 fully saturated rings. The van der Waals surface area contributed by atoms with Crippen molar-refractivity contribution in [2.75, 3.05) is 26.3 Å². The maximum atomic E-state index is 12.0. The van der Waals surface area contributed by atoms with E-state index in [1.807, 2.05) is 24.0 Å². The molecule has 0 aliphatic carbocycles. The zero-order valence-electron chi connectivity index (χ0n) is 12.2. The van der Waals surface area contributed by atoms with Crippen LogP contribution in [0.1, 0.15) is 41.6 Å². The van der Waals surface area contributed by atoms with Gasteiger partial charge in [0.15, 0.2) is 0 Å². The van der Waals surface area contributed by atoms with Crippen LogP contribution in [0.3, 0.4) is 0 Å². The second kappa shape index (κ2) is 7.22. The van der Waals surface area contributed by atoms with Crippen LogP contribution in [0.2, 0.25) is 0 Å². The second-order valence-corrected chi connectivity index (χ2v) is 5.24. The molecule has 5 nitrogen and oxygen atoms in total. The molecule has 0 bridgehead atoms. The van der Waals surface area contributed by atoms with Crippen molar-refractivity contribution in [2.24, 2.45) is 0 Å². The van der Waals surface area contributed by atoms with Crippen LogP contribution in [0.4, 0.5) is 0 Å². The Labute approximate surface area is 124 Å². The molecule has 0 unspecified atom stereocenters. The zero-order chi connectivity index (χ0) is 15.2. The number of aromatic carboxylic acids is 1. The van der Waals surface area contributed by atoms with Gasteiger partial charge in [-0.25, -0.2) is 4.79 Å². The van der Waals surface area contributed by atoms with Crippen molar-refractivity contribution in [3.8, 4) is 0 Å². The molecule has 21 heavy (non-hydrogen) atoms. The maximum absolute atomic E-state index is 12.0. The fraction of sp³-hybridized carbons (Fsp3) is 0.500. The van der Waals surface area contributed by atoms with Gasteiger partial charge in [-0.2, -0.15) is 0 Å². The predicted molar refractivity (Wildman–Crippen MR) is 78.4 cm³/mol. The van der Waals surface area contributed by atoms with Crippen LogP contribution in [-0.4, -0.2) is 48.2 Å². The maximum Gasteiger partial charge on any atom is 0.335 e. The number of piperidine rings is 1. The molecule has 1 aromatic rings. The minimum atomic E-state index is -0.918. The van der Waals surface area contributed by atoms with E-state index in [0.717, 1.165) is 24.9 Å². The summed E-state index contributed by atoms with van der Waals surface area (Å²) in [6, 6.07) is 6.95. The number of rotatable bonds is 5. The SMILES string of the molecule is CCOCC(=O)N1CCC[C@H](c2ccc(C(=O)O)cc2)C1. The van der Waals surface area contributed by atoms with E-state index in [0.29, 0.717) is 18.7 Å². The highest BCUT2D eigenvalue weighted by molar-refractivity contribution is 5.87. The third-order valence-corrected chi connectivity index (χ3v) is 3.83. The fourth-order valence-corrected chi connectivity index (χ4v) is 2.65. The Morgan fingerprint density at radius 1 is 1.33 bits per heavy atom. The van der Waals surface area contributed by atoms with Gasteiger partial charge in [-0.3, -0.25) is 4.79 Å². The summed E-state index contributed by atoms with van der Waals surface area (Å²) in [5, 5.41) is 8.92. The van der Waals surface area contributed by atoms with Crippen LogP contribution in [-0.2, 0) is 9.53 Å². The van der Waals surface area contributed by atoms with Gasteiger partial charge in [0, 0.05) is 25.6 Å². The Balaban J connectivity index is 2.00. The number of ether oxygens (including phenoxy) is 1. The normalized spacial score (nSPS) is 18.5. The van der Waals surface area contributed by atoms with Crippen LogP contribution in [0.15, 0.2) is 24.3 Å². The van der Waals surface area contributed by atoms with E-state index in [2.05, 4.69) is 0 Å². The van der Waals surface area contributed by atoms with Crippen LogP contribution in [0, 0.1) is 0 Å². The highest BCUT2D eigenvalue weighted by Gasteiger charge is 2.24. The summed E-state index contributed by atoms with van der Waals surface area (Å²) in [7, 11) is 0. The molecule has 1 atom stereocenters. The van der Waals surface area contributed by atoms with E-state index >= 15 is 0 Å². The number of carboxylic acid groups (broad SMARTS) is 1. The molecule has 0 spiro atoms. The zero-order valence-corrected chi connectivity index (χ0v) is 12.2. The molecule has 1 heterocycles. The van der Waals surface area contributed by atoms with E-state index in [9.17, 15) is 9.59 Å². The topological polar surface area (TPSA) is 66.8 Å². The van der Waals surface area contributed by atoms with E-state index in [4.69, 9.17) is 9.84 Å². The Hall–Kier alpha value is -1.88. The van der Waals surface area contributed by atoms with E-state index in [-0.39, 0.29) is 18.4 Å². The number of nitrogens with zero attached hydrogens (tertiary/aromatic N) is 1. The molecule has 114 valence electrons. The van der Waals surface area contributed by atoms with Crippen LogP contribution < -0.4 is 0 Å². The highest BCUT2D eigenvalue weighted by atomic mass is 16.5. The predicted octanol–water partition coefficient (Wildman–Crippen LogP) is 2.13. The molecule has 0 radical (unpaired) electrons. The third kappa shape index (κ3) is 4.04. The smallest absolute Gasteiger partial charge is 0.335 e. The molecule has 5 heteroatoms. The Morgan fingerprint density at radius 3 is 2.67 bits per heavy atom. The average molecular weight is 291 g/mol. The van der Waals surface area contributed by atoms with Gasteiger partial charge in [0.25, 0.3) is 0 Å². The van der Waals surface area contributed by atoms with Gasteiger partial charge in [0.1, 0.15) is 6.61 Å². The lowest BCUT2D eigenvalue weighted by Crippen LogP contribution is -2.41. The number of benzene rings is 1. The van der Waals surface area contributed by atoms with Gasteiger partial charge in [-0.1, -0.05) is 12.1 Å². The molecule has 2 rings (SSSR count). The first-order valence-electron chi connectivity index (χ1n) is 7.30. The van der Waals surface area contributed by atoms with Gasteiger partial charge < -0.3 is 14.7 Å². The molecule has 1 aliphatic heterocycles. The van der Waals surface area contributed by atoms with E-state index in [1.54, 1.807) is 12.1 Å². The summed E-state index contributed by atoms with van der Waals surface area (Å²) in [6.45, 7) is 4.01. The number of carboxylic acids is 1. The second-order valence-electron chi connectivity index (χ2n) is 5.24. The van der Waals surface area contributed by atoms with Crippen LogP contribution in [0.25, 0.3) is 0 Å². The van der Waals surface area contributed by atoms with Gasteiger partial charge in [-0.05, 0) is 37.5 Å². The number of hydrogen-bond donors (Lipinski definition) is 1. The van der Waals surface area contributed by atoms with Crippen molar-refractivity contribution >= 4 is 11.9 Å². The Bertz CT molecular complexity index is 498. The van der Waals surface area contributed by atoms with Crippen molar-refractivity contribution in [2.45, 2.75) is 25.7 Å². The van der Waals surface area contributed by atoms with E-state index in [1.165, 1.54) is 0 Å².